The van der Waals surface area contributed by atoms with Crippen LogP contribution in [0.5, 0.6) is 5.75 Å². The molecule has 0 radical (unpaired) electrons. The fourth-order valence-electron chi connectivity index (χ4n) is 5.08. The summed E-state index contributed by atoms with van der Waals surface area (Å²) in [5, 5.41) is 15.2. The number of terminal acetylenes is 1. The van der Waals surface area contributed by atoms with Gasteiger partial charge in [-0.3, -0.25) is 13.9 Å². The number of nitrogen functional groups attached to an aromatic ring is 1. The highest BCUT2D eigenvalue weighted by Gasteiger charge is 2.58. The lowest BCUT2D eigenvalue weighted by molar-refractivity contribution is -0.148. The summed E-state index contributed by atoms with van der Waals surface area (Å²) in [6.45, 7) is 6.56. The number of carbonyl (C=O) groups excluding carboxylic acids is 1. The number of benzene rings is 2. The number of halogens is 1. The van der Waals surface area contributed by atoms with E-state index < -0.39 is 50.5 Å². The van der Waals surface area contributed by atoms with Crippen LogP contribution in [0.1, 0.15) is 33.9 Å². The quantitative estimate of drug-likeness (QED) is 0.118. The van der Waals surface area contributed by atoms with Gasteiger partial charge in [-0.05, 0) is 23.8 Å². The predicted molar refractivity (Wildman–Crippen MR) is 178 cm³/mol. The minimum absolute atomic E-state index is 0.107. The van der Waals surface area contributed by atoms with Crippen LogP contribution in [0.15, 0.2) is 48.8 Å². The molecule has 5 rings (SSSR count). The van der Waals surface area contributed by atoms with Crippen LogP contribution < -0.4 is 20.2 Å². The zero-order valence-electron chi connectivity index (χ0n) is 27.5. The van der Waals surface area contributed by atoms with Gasteiger partial charge in [-0.25, -0.2) is 13.9 Å². The van der Waals surface area contributed by atoms with Crippen molar-refractivity contribution in [3.8, 4) is 18.1 Å². The van der Waals surface area contributed by atoms with E-state index in [1.165, 1.54) is 17.8 Å². The summed E-state index contributed by atoms with van der Waals surface area (Å²) in [7, 11) is -1.02. The number of alkyl halides is 1. The second-order valence-corrected chi connectivity index (χ2v) is 14.6. The van der Waals surface area contributed by atoms with Crippen molar-refractivity contribution >= 4 is 47.4 Å². The molecule has 1 aliphatic heterocycles. The molecule has 16 heteroatoms. The second-order valence-electron chi connectivity index (χ2n) is 12.9. The number of aliphatic hydroxyl groups is 1. The molecule has 0 unspecified atom stereocenters. The summed E-state index contributed by atoms with van der Waals surface area (Å²) in [5.41, 5.74) is 3.19. The summed E-state index contributed by atoms with van der Waals surface area (Å²) in [5.74, 6) is 1.74. The van der Waals surface area contributed by atoms with Crippen molar-refractivity contribution in [2.45, 2.75) is 57.8 Å². The average molecular weight is 684 g/mol. The number of fused-ring (bicyclic) bond motifs is 2. The van der Waals surface area contributed by atoms with E-state index in [1.807, 2.05) is 44.9 Å². The zero-order chi connectivity index (χ0) is 35.0. The number of nitrogens with one attached hydrogen (secondary N) is 1. The fourth-order valence-corrected chi connectivity index (χ4v) is 6.60. The van der Waals surface area contributed by atoms with Crippen LogP contribution in [0.2, 0.25) is 0 Å². The Kier molecular flexibility index (Phi) is 9.69. The number of aliphatic hydroxyl groups excluding tert-OH is 1. The topological polar surface area (TPSA) is 176 Å². The Morgan fingerprint density at radius 3 is 2.67 bits per heavy atom. The number of hydrogen-bond donors (Lipinski definition) is 3. The number of rotatable bonds is 11. The molecule has 6 atom stereocenters. The number of esters is 1. The number of hydrogen-bond acceptors (Lipinski definition) is 12. The lowest BCUT2D eigenvalue weighted by atomic mass is 9.97. The van der Waals surface area contributed by atoms with Gasteiger partial charge in [0.25, 0.3) is 0 Å². The van der Waals surface area contributed by atoms with Crippen LogP contribution in [0.3, 0.4) is 0 Å². The van der Waals surface area contributed by atoms with E-state index in [9.17, 15) is 14.5 Å². The summed E-state index contributed by atoms with van der Waals surface area (Å²) in [6.07, 6.45) is 1.80. The molecule has 14 nitrogen and oxygen atoms in total. The van der Waals surface area contributed by atoms with Crippen LogP contribution >= 0.6 is 7.75 Å². The zero-order valence-corrected chi connectivity index (χ0v) is 28.3. The Bertz CT molecular complexity index is 1900. The van der Waals surface area contributed by atoms with Crippen LogP contribution in [-0.4, -0.2) is 81.8 Å². The highest BCUT2D eigenvalue weighted by molar-refractivity contribution is 7.52. The lowest BCUT2D eigenvalue weighted by Crippen LogP contribution is -2.42. The summed E-state index contributed by atoms with van der Waals surface area (Å²) in [6, 6.07) is 11.2. The van der Waals surface area contributed by atoms with Crippen molar-refractivity contribution in [1.29, 1.82) is 0 Å². The van der Waals surface area contributed by atoms with Crippen molar-refractivity contribution in [2.24, 2.45) is 5.41 Å². The van der Waals surface area contributed by atoms with Crippen LogP contribution in [-0.2, 0) is 23.4 Å². The maximum absolute atomic E-state index is 16.5. The van der Waals surface area contributed by atoms with Gasteiger partial charge in [0.05, 0.1) is 19.5 Å². The molecule has 2 aromatic heterocycles. The van der Waals surface area contributed by atoms with Crippen molar-refractivity contribution < 1.29 is 37.4 Å². The molecule has 1 saturated heterocycles. The van der Waals surface area contributed by atoms with Gasteiger partial charge in [0.1, 0.15) is 24.0 Å². The van der Waals surface area contributed by atoms with Gasteiger partial charge >= 0.3 is 13.7 Å². The molecule has 4 N–H and O–H groups in total. The predicted octanol–water partition coefficient (Wildman–Crippen LogP) is 4.00. The number of nitrogens with two attached hydrogens (primary N) is 1. The summed E-state index contributed by atoms with van der Waals surface area (Å²) >= 11 is 0. The third-order valence-corrected chi connectivity index (χ3v) is 9.12. The first-order valence-corrected chi connectivity index (χ1v) is 16.6. The van der Waals surface area contributed by atoms with Gasteiger partial charge in [-0.15, -0.1) is 6.42 Å². The number of anilines is 2. The molecule has 0 saturated carbocycles. The van der Waals surface area contributed by atoms with E-state index in [1.54, 1.807) is 43.3 Å². The number of ether oxygens (including phenoxy) is 2. The highest BCUT2D eigenvalue weighted by atomic mass is 31.2. The van der Waals surface area contributed by atoms with E-state index >= 15 is 4.39 Å². The average Bonchev–Trinajstić information content (AvgIpc) is 3.55. The number of carbonyl (C=O) groups is 1. The van der Waals surface area contributed by atoms with Crippen LogP contribution in [0.25, 0.3) is 21.9 Å². The number of nitrogens with zero attached hydrogens (tertiary/aromatic N) is 5. The SMILES string of the molecule is C#C[C@@]1(F)[C@H](O)[C@@H](CO[P@@](=O)(N[C@H](C)C(=O)OCC(C)(C)C)Oc2cccc3ccccc23)O[C@H]1n1cnc2c(N(C)C)nc(N)nc21. The Morgan fingerprint density at radius 1 is 1.27 bits per heavy atom. The molecule has 0 bridgehead atoms. The van der Waals surface area contributed by atoms with E-state index in [2.05, 4.69) is 20.0 Å². The molecule has 256 valence electrons. The molecule has 0 aliphatic carbocycles. The molecular formula is C32H39FN7O7P. The maximum Gasteiger partial charge on any atom is 0.459 e. The first-order chi connectivity index (χ1) is 22.5. The molecule has 48 heavy (non-hydrogen) atoms. The maximum atomic E-state index is 16.5. The molecule has 0 spiro atoms. The molecule has 2 aromatic carbocycles. The largest absolute Gasteiger partial charge is 0.464 e. The van der Waals surface area contributed by atoms with Crippen molar-refractivity contribution in [3.05, 3.63) is 48.8 Å². The van der Waals surface area contributed by atoms with Gasteiger partial charge in [-0.1, -0.05) is 63.1 Å². The first kappa shape index (κ1) is 35.0. The Labute approximate surface area is 277 Å². The molecule has 0 amide bonds. The first-order valence-electron chi connectivity index (χ1n) is 15.1. The summed E-state index contributed by atoms with van der Waals surface area (Å²) < 4.78 is 55.1. The molecule has 3 heterocycles. The van der Waals surface area contributed by atoms with Crippen LogP contribution in [0.4, 0.5) is 16.2 Å². The van der Waals surface area contributed by atoms with Gasteiger partial charge in [0.2, 0.25) is 11.6 Å². The van der Waals surface area contributed by atoms with Gasteiger partial charge in [0, 0.05) is 19.5 Å². The number of aromatic nitrogens is 4. The Balaban J connectivity index is 1.43. The minimum Gasteiger partial charge on any atom is -0.464 e. The monoisotopic (exact) mass is 683 g/mol. The minimum atomic E-state index is -4.47. The van der Waals surface area contributed by atoms with Crippen molar-refractivity contribution in [1.82, 2.24) is 24.6 Å². The Hall–Kier alpha value is -4.32. The van der Waals surface area contributed by atoms with E-state index in [-0.39, 0.29) is 34.9 Å². The highest BCUT2D eigenvalue weighted by Crippen LogP contribution is 2.49. The standard InChI is InChI=1S/C32H39FN7O7P/c1-8-32(33)25(41)23(46-29(32)40-18-35-24-26(39(6)7)36-30(34)37-27(24)40)16-45-48(43,38-19(2)28(42)44-17-31(3,4)5)47-22-15-11-13-20-12-9-10-14-21(20)22/h1,9-15,18-19,23,25,29,41H,16-17H2,2-7H3,(H,38,43)(H2,34,36,37)/t19-,23-,25-,29-,32-,48+/m1/s1. The third kappa shape index (κ3) is 7.08. The number of imidazole rings is 1. The normalized spacial score (nSPS) is 23.0. The van der Waals surface area contributed by atoms with Crippen molar-refractivity contribution in [3.63, 3.8) is 0 Å². The fraction of sp³-hybridized carbons (Fsp3) is 0.438. The van der Waals surface area contributed by atoms with Crippen molar-refractivity contribution in [2.75, 3.05) is 37.9 Å². The van der Waals surface area contributed by atoms with E-state index in [0.717, 1.165) is 5.39 Å². The smallest absolute Gasteiger partial charge is 0.459 e. The molecule has 1 aliphatic rings. The molecule has 1 fully saturated rings. The molecular weight excluding hydrogens is 644 g/mol. The third-order valence-electron chi connectivity index (χ3n) is 7.49. The molecule has 4 aromatic rings. The van der Waals surface area contributed by atoms with E-state index in [4.69, 9.17) is 30.7 Å². The van der Waals surface area contributed by atoms with Gasteiger partial charge in [0.15, 0.2) is 23.2 Å². The van der Waals surface area contributed by atoms with Crippen LogP contribution in [0, 0.1) is 17.8 Å². The summed E-state index contributed by atoms with van der Waals surface area (Å²) in [4.78, 5) is 27.2. The lowest BCUT2D eigenvalue weighted by Gasteiger charge is -2.26. The Morgan fingerprint density at radius 2 is 1.98 bits per heavy atom. The van der Waals surface area contributed by atoms with Gasteiger partial charge < -0.3 is 29.7 Å². The second kappa shape index (κ2) is 13.3. The van der Waals surface area contributed by atoms with E-state index in [0.29, 0.717) is 11.2 Å². The van der Waals surface area contributed by atoms with Gasteiger partial charge in [-0.2, -0.15) is 15.1 Å².